The van der Waals surface area contributed by atoms with Gasteiger partial charge in [-0.3, -0.25) is 9.69 Å². The molecule has 0 unspecified atom stereocenters. The summed E-state index contributed by atoms with van der Waals surface area (Å²) >= 11 is 0. The molecular formula is C13H26N2O2. The second-order valence-electron chi connectivity index (χ2n) is 4.93. The fourth-order valence-corrected chi connectivity index (χ4v) is 2.57. The number of ether oxygens (including phenoxy) is 1. The zero-order chi connectivity index (χ0) is 12.7. The molecule has 1 aliphatic rings. The lowest BCUT2D eigenvalue weighted by molar-refractivity contribution is -0.141. The number of carbonyl (C=O) groups excluding carboxylic acids is 1. The maximum Gasteiger partial charge on any atom is 0.306 e. The average molecular weight is 242 g/mol. The number of carbonyl (C=O) groups is 1. The molecule has 1 saturated carbocycles. The smallest absolute Gasteiger partial charge is 0.306 e. The van der Waals surface area contributed by atoms with E-state index in [1.54, 1.807) is 0 Å². The molecule has 0 bridgehead atoms. The van der Waals surface area contributed by atoms with Gasteiger partial charge in [-0.1, -0.05) is 6.92 Å². The molecule has 0 atom stereocenters. The van der Waals surface area contributed by atoms with E-state index in [1.807, 2.05) is 0 Å². The van der Waals surface area contributed by atoms with Crippen LogP contribution in [0.25, 0.3) is 0 Å². The summed E-state index contributed by atoms with van der Waals surface area (Å²) in [5.74, 6) is -0.112. The van der Waals surface area contributed by atoms with Crippen LogP contribution < -0.4 is 5.73 Å². The van der Waals surface area contributed by atoms with E-state index < -0.39 is 0 Å². The molecule has 1 aliphatic carbocycles. The number of methoxy groups -OCH3 is 1. The molecule has 1 fully saturated rings. The quantitative estimate of drug-likeness (QED) is 0.718. The molecule has 2 N–H and O–H groups in total. The summed E-state index contributed by atoms with van der Waals surface area (Å²) in [6.07, 6.45) is 6.19. The van der Waals surface area contributed by atoms with Gasteiger partial charge >= 0.3 is 5.97 Å². The lowest BCUT2D eigenvalue weighted by Crippen LogP contribution is -2.42. The van der Waals surface area contributed by atoms with Crippen LogP contribution in [-0.4, -0.2) is 43.2 Å². The average Bonchev–Trinajstić information content (AvgIpc) is 2.35. The SMILES string of the molecule is CCCN(CCC(=O)OC)C1CCC(N)CC1. The molecule has 0 aromatic carbocycles. The molecule has 100 valence electrons. The van der Waals surface area contributed by atoms with Crippen LogP contribution in [0.4, 0.5) is 0 Å². The summed E-state index contributed by atoms with van der Waals surface area (Å²) in [5.41, 5.74) is 5.92. The third-order valence-electron chi connectivity index (χ3n) is 3.60. The number of nitrogens with zero attached hydrogens (tertiary/aromatic N) is 1. The minimum Gasteiger partial charge on any atom is -0.469 e. The molecule has 0 saturated heterocycles. The Hall–Kier alpha value is -0.610. The number of hydrogen-bond acceptors (Lipinski definition) is 4. The topological polar surface area (TPSA) is 55.6 Å². The molecule has 0 aliphatic heterocycles. The zero-order valence-corrected chi connectivity index (χ0v) is 11.2. The van der Waals surface area contributed by atoms with Crippen molar-refractivity contribution in [2.75, 3.05) is 20.2 Å². The van der Waals surface area contributed by atoms with Crippen molar-refractivity contribution in [2.45, 2.75) is 57.5 Å². The van der Waals surface area contributed by atoms with Gasteiger partial charge in [0.2, 0.25) is 0 Å². The van der Waals surface area contributed by atoms with E-state index in [-0.39, 0.29) is 5.97 Å². The third kappa shape index (κ3) is 5.04. The van der Waals surface area contributed by atoms with Crippen molar-refractivity contribution >= 4 is 5.97 Å². The fraction of sp³-hybridized carbons (Fsp3) is 0.923. The van der Waals surface area contributed by atoms with Crippen LogP contribution in [0.15, 0.2) is 0 Å². The highest BCUT2D eigenvalue weighted by Gasteiger charge is 2.23. The number of nitrogens with two attached hydrogens (primary N) is 1. The summed E-state index contributed by atoms with van der Waals surface area (Å²) in [7, 11) is 1.45. The highest BCUT2D eigenvalue weighted by atomic mass is 16.5. The Morgan fingerprint density at radius 1 is 1.29 bits per heavy atom. The van der Waals surface area contributed by atoms with Crippen LogP contribution in [0.3, 0.4) is 0 Å². The van der Waals surface area contributed by atoms with Gasteiger partial charge in [-0.15, -0.1) is 0 Å². The van der Waals surface area contributed by atoms with Gasteiger partial charge < -0.3 is 10.5 Å². The molecule has 17 heavy (non-hydrogen) atoms. The first kappa shape index (κ1) is 14.5. The van der Waals surface area contributed by atoms with E-state index in [0.29, 0.717) is 18.5 Å². The first-order valence-corrected chi connectivity index (χ1v) is 6.73. The Morgan fingerprint density at radius 2 is 1.94 bits per heavy atom. The molecule has 1 rings (SSSR count). The van der Waals surface area contributed by atoms with Gasteiger partial charge in [-0.25, -0.2) is 0 Å². The van der Waals surface area contributed by atoms with E-state index in [1.165, 1.54) is 20.0 Å². The van der Waals surface area contributed by atoms with Crippen LogP contribution in [-0.2, 0) is 9.53 Å². The van der Waals surface area contributed by atoms with Crippen LogP contribution in [0.5, 0.6) is 0 Å². The second-order valence-corrected chi connectivity index (χ2v) is 4.93. The Kier molecular flexibility index (Phi) is 6.52. The van der Waals surface area contributed by atoms with Gasteiger partial charge in [0.25, 0.3) is 0 Å². The predicted molar refractivity (Wildman–Crippen MR) is 68.7 cm³/mol. The van der Waals surface area contributed by atoms with E-state index in [2.05, 4.69) is 11.8 Å². The Labute approximate surface area is 104 Å². The molecule has 0 amide bonds. The van der Waals surface area contributed by atoms with Gasteiger partial charge in [0.1, 0.15) is 0 Å². The summed E-state index contributed by atoms with van der Waals surface area (Å²) in [4.78, 5) is 13.6. The van der Waals surface area contributed by atoms with E-state index in [9.17, 15) is 4.79 Å². The summed E-state index contributed by atoms with van der Waals surface area (Å²) < 4.78 is 4.70. The maximum absolute atomic E-state index is 11.2. The van der Waals surface area contributed by atoms with Crippen LogP contribution >= 0.6 is 0 Å². The van der Waals surface area contributed by atoms with E-state index in [4.69, 9.17) is 10.5 Å². The van der Waals surface area contributed by atoms with Crippen LogP contribution in [0.1, 0.15) is 45.4 Å². The minimum atomic E-state index is -0.112. The molecular weight excluding hydrogens is 216 g/mol. The van der Waals surface area contributed by atoms with E-state index in [0.717, 1.165) is 32.4 Å². The van der Waals surface area contributed by atoms with E-state index >= 15 is 0 Å². The molecule has 0 radical (unpaired) electrons. The molecule has 0 aromatic heterocycles. The Morgan fingerprint density at radius 3 is 2.47 bits per heavy atom. The first-order valence-electron chi connectivity index (χ1n) is 6.73. The van der Waals surface area contributed by atoms with Crippen molar-refractivity contribution in [3.8, 4) is 0 Å². The molecule has 0 spiro atoms. The largest absolute Gasteiger partial charge is 0.469 e. The summed E-state index contributed by atoms with van der Waals surface area (Å²) in [6.45, 7) is 4.07. The minimum absolute atomic E-state index is 0.112. The monoisotopic (exact) mass is 242 g/mol. The Bertz CT molecular complexity index is 225. The van der Waals surface area contributed by atoms with Crippen molar-refractivity contribution < 1.29 is 9.53 Å². The van der Waals surface area contributed by atoms with Crippen molar-refractivity contribution in [3.63, 3.8) is 0 Å². The number of rotatable bonds is 6. The lowest BCUT2D eigenvalue weighted by atomic mass is 9.90. The molecule has 0 aromatic rings. The van der Waals surface area contributed by atoms with Gasteiger partial charge in [0.15, 0.2) is 0 Å². The highest BCUT2D eigenvalue weighted by Crippen LogP contribution is 2.22. The van der Waals surface area contributed by atoms with Crippen molar-refractivity contribution in [2.24, 2.45) is 5.73 Å². The molecule has 0 heterocycles. The first-order chi connectivity index (χ1) is 8.17. The van der Waals surface area contributed by atoms with Crippen molar-refractivity contribution in [1.82, 2.24) is 4.90 Å². The summed E-state index contributed by atoms with van der Waals surface area (Å²) in [5, 5.41) is 0. The lowest BCUT2D eigenvalue weighted by Gasteiger charge is -2.35. The zero-order valence-electron chi connectivity index (χ0n) is 11.2. The second kappa shape index (κ2) is 7.67. The van der Waals surface area contributed by atoms with Gasteiger partial charge in [-0.05, 0) is 38.6 Å². The summed E-state index contributed by atoms with van der Waals surface area (Å²) in [6, 6.07) is 0.995. The van der Waals surface area contributed by atoms with Gasteiger partial charge in [0, 0.05) is 18.6 Å². The van der Waals surface area contributed by atoms with Crippen molar-refractivity contribution in [1.29, 1.82) is 0 Å². The third-order valence-corrected chi connectivity index (χ3v) is 3.60. The standard InChI is InChI=1S/C13H26N2O2/c1-3-9-15(10-8-13(16)17-2)12-6-4-11(14)5-7-12/h11-12H,3-10,14H2,1-2H3. The van der Waals surface area contributed by atoms with Crippen LogP contribution in [0.2, 0.25) is 0 Å². The fourth-order valence-electron chi connectivity index (χ4n) is 2.57. The maximum atomic E-state index is 11.2. The highest BCUT2D eigenvalue weighted by molar-refractivity contribution is 5.69. The number of hydrogen-bond donors (Lipinski definition) is 1. The van der Waals surface area contributed by atoms with Gasteiger partial charge in [0.05, 0.1) is 13.5 Å². The van der Waals surface area contributed by atoms with Crippen molar-refractivity contribution in [3.05, 3.63) is 0 Å². The molecule has 4 heteroatoms. The predicted octanol–water partition coefficient (Wildman–Crippen LogP) is 1.53. The normalized spacial score (nSPS) is 24.9. The number of esters is 1. The van der Waals surface area contributed by atoms with Gasteiger partial charge in [-0.2, -0.15) is 0 Å². The Balaban J connectivity index is 2.38. The van der Waals surface area contributed by atoms with Crippen LogP contribution in [0, 0.1) is 0 Å². The molecule has 4 nitrogen and oxygen atoms in total.